The molecule has 0 amide bonds. The van der Waals surface area contributed by atoms with E-state index in [0.29, 0.717) is 5.54 Å². The molecule has 0 radical (unpaired) electrons. The Kier molecular flexibility index (Phi) is 5.83. The number of nitrogens with zero attached hydrogens (tertiary/aromatic N) is 2. The fraction of sp³-hybridized carbons (Fsp3) is 0.714. The molecule has 1 saturated carbocycles. The van der Waals surface area contributed by atoms with Crippen LogP contribution in [0.25, 0.3) is 0 Å². The van der Waals surface area contributed by atoms with E-state index in [1.807, 2.05) is 0 Å². The Morgan fingerprint density at radius 2 is 1.71 bits per heavy atom. The van der Waals surface area contributed by atoms with Crippen molar-refractivity contribution in [3.63, 3.8) is 0 Å². The molecule has 1 aliphatic heterocycles. The number of hydrogen-bond donors (Lipinski definition) is 1. The highest BCUT2D eigenvalue weighted by Crippen LogP contribution is 2.37. The van der Waals surface area contributed by atoms with E-state index >= 15 is 0 Å². The van der Waals surface area contributed by atoms with Gasteiger partial charge in [-0.2, -0.15) is 0 Å². The van der Waals surface area contributed by atoms with Crippen LogP contribution < -0.4 is 10.2 Å². The van der Waals surface area contributed by atoms with Crippen molar-refractivity contribution in [3.05, 3.63) is 29.8 Å². The van der Waals surface area contributed by atoms with Gasteiger partial charge in [0.15, 0.2) is 0 Å². The Morgan fingerprint density at radius 3 is 2.29 bits per heavy atom. The predicted molar refractivity (Wildman–Crippen MR) is 104 cm³/mol. The van der Waals surface area contributed by atoms with Crippen LogP contribution in [-0.4, -0.2) is 44.2 Å². The average Bonchev–Trinajstić information content (AvgIpc) is 3.13. The lowest BCUT2D eigenvalue weighted by Gasteiger charge is -2.46. The molecule has 1 saturated heterocycles. The zero-order valence-electron chi connectivity index (χ0n) is 15.9. The fourth-order valence-corrected chi connectivity index (χ4v) is 4.45. The molecule has 3 nitrogen and oxygen atoms in total. The van der Waals surface area contributed by atoms with Gasteiger partial charge in [0, 0.05) is 38.4 Å². The van der Waals surface area contributed by atoms with E-state index in [1.54, 1.807) is 0 Å². The Hall–Kier alpha value is -1.06. The average molecular weight is 330 g/mol. The van der Waals surface area contributed by atoms with Crippen LogP contribution >= 0.6 is 0 Å². The van der Waals surface area contributed by atoms with Crippen LogP contribution in [0.15, 0.2) is 24.3 Å². The second-order valence-corrected chi connectivity index (χ2v) is 8.27. The molecule has 1 heterocycles. The maximum Gasteiger partial charge on any atom is 0.0361 e. The quantitative estimate of drug-likeness (QED) is 0.854. The van der Waals surface area contributed by atoms with Crippen LogP contribution in [0, 0.1) is 5.92 Å². The molecule has 1 N–H and O–H groups in total. The maximum atomic E-state index is 3.80. The third-order valence-corrected chi connectivity index (χ3v) is 6.22. The first-order chi connectivity index (χ1) is 11.6. The second-order valence-electron chi connectivity index (χ2n) is 8.27. The number of anilines is 1. The number of benzene rings is 1. The van der Waals surface area contributed by atoms with Crippen LogP contribution in [0.3, 0.4) is 0 Å². The van der Waals surface area contributed by atoms with Gasteiger partial charge in [0.05, 0.1) is 0 Å². The molecule has 0 spiro atoms. The topological polar surface area (TPSA) is 18.5 Å². The lowest BCUT2D eigenvalue weighted by atomic mass is 9.76. The molecule has 0 unspecified atom stereocenters. The summed E-state index contributed by atoms with van der Waals surface area (Å²) in [6.45, 7) is 7.18. The molecule has 2 aliphatic rings. The smallest absolute Gasteiger partial charge is 0.0361 e. The van der Waals surface area contributed by atoms with Gasteiger partial charge in [-0.15, -0.1) is 0 Å². The highest BCUT2D eigenvalue weighted by molar-refractivity contribution is 5.45. The van der Waals surface area contributed by atoms with E-state index in [-0.39, 0.29) is 0 Å². The number of hydrogen-bond acceptors (Lipinski definition) is 3. The third-order valence-electron chi connectivity index (χ3n) is 6.22. The van der Waals surface area contributed by atoms with Crippen LogP contribution in [0.5, 0.6) is 0 Å². The van der Waals surface area contributed by atoms with Gasteiger partial charge in [-0.05, 0) is 75.2 Å². The Balaban J connectivity index is 1.57. The van der Waals surface area contributed by atoms with Crippen LogP contribution in [-0.2, 0) is 6.54 Å². The first-order valence-electron chi connectivity index (χ1n) is 9.81. The highest BCUT2D eigenvalue weighted by atomic mass is 15.2. The molecular formula is C21H35N3. The van der Waals surface area contributed by atoms with E-state index in [0.717, 1.165) is 19.0 Å². The molecule has 24 heavy (non-hydrogen) atoms. The zero-order chi connectivity index (χ0) is 17.0. The van der Waals surface area contributed by atoms with Crippen molar-refractivity contribution >= 4 is 5.69 Å². The minimum Gasteiger partial charge on any atom is -0.378 e. The largest absolute Gasteiger partial charge is 0.378 e. The van der Waals surface area contributed by atoms with Gasteiger partial charge in [-0.1, -0.05) is 19.1 Å². The number of rotatable bonds is 6. The van der Waals surface area contributed by atoms with Crippen molar-refractivity contribution in [3.8, 4) is 0 Å². The van der Waals surface area contributed by atoms with Crippen molar-refractivity contribution in [1.82, 2.24) is 10.2 Å². The molecule has 134 valence electrons. The molecule has 3 rings (SSSR count). The summed E-state index contributed by atoms with van der Waals surface area (Å²) >= 11 is 0. The Bertz CT molecular complexity index is 494. The van der Waals surface area contributed by atoms with Crippen LogP contribution in [0.1, 0.15) is 51.0 Å². The zero-order valence-corrected chi connectivity index (χ0v) is 15.9. The second kappa shape index (κ2) is 7.88. The molecule has 0 aromatic heterocycles. The van der Waals surface area contributed by atoms with Crippen molar-refractivity contribution in [2.24, 2.45) is 5.92 Å². The normalized spacial score (nSPS) is 28.2. The standard InChI is InChI=1S/C21H35N3/c1-18-10-12-21(13-11-18,24-14-4-5-15-24)17-22-16-19-6-8-20(9-7-19)23(2)3/h6-9,18,22H,4-5,10-17H2,1-3H3. The van der Waals surface area contributed by atoms with Crippen molar-refractivity contribution in [2.75, 3.05) is 38.6 Å². The van der Waals surface area contributed by atoms with E-state index in [1.165, 1.54) is 62.9 Å². The summed E-state index contributed by atoms with van der Waals surface area (Å²) < 4.78 is 0. The molecule has 1 aromatic rings. The van der Waals surface area contributed by atoms with Gasteiger partial charge in [0.1, 0.15) is 0 Å². The highest BCUT2D eigenvalue weighted by Gasteiger charge is 2.40. The summed E-state index contributed by atoms with van der Waals surface area (Å²) in [5.41, 5.74) is 3.09. The van der Waals surface area contributed by atoms with Crippen molar-refractivity contribution < 1.29 is 0 Å². The van der Waals surface area contributed by atoms with Gasteiger partial charge in [-0.3, -0.25) is 4.90 Å². The van der Waals surface area contributed by atoms with E-state index in [9.17, 15) is 0 Å². The summed E-state index contributed by atoms with van der Waals surface area (Å²) in [4.78, 5) is 4.96. The number of nitrogens with one attached hydrogen (secondary N) is 1. The monoisotopic (exact) mass is 329 g/mol. The summed E-state index contributed by atoms with van der Waals surface area (Å²) in [7, 11) is 4.19. The summed E-state index contributed by atoms with van der Waals surface area (Å²) in [6.07, 6.45) is 8.33. The Labute approximate surface area is 148 Å². The SMILES string of the molecule is CC1CCC(CNCc2ccc(N(C)C)cc2)(N2CCCC2)CC1. The van der Waals surface area contributed by atoms with Gasteiger partial charge in [0.25, 0.3) is 0 Å². The van der Waals surface area contributed by atoms with E-state index in [4.69, 9.17) is 0 Å². The summed E-state index contributed by atoms with van der Waals surface area (Å²) in [5.74, 6) is 0.916. The maximum absolute atomic E-state index is 3.80. The Morgan fingerprint density at radius 1 is 1.08 bits per heavy atom. The first kappa shape index (κ1) is 17.8. The minimum absolute atomic E-state index is 0.423. The van der Waals surface area contributed by atoms with Crippen molar-refractivity contribution in [2.45, 2.75) is 57.5 Å². The lowest BCUT2D eigenvalue weighted by Crippen LogP contribution is -2.55. The molecule has 0 atom stereocenters. The molecule has 1 aromatic carbocycles. The molecule has 0 bridgehead atoms. The molecular weight excluding hydrogens is 294 g/mol. The van der Waals surface area contributed by atoms with Crippen LogP contribution in [0.2, 0.25) is 0 Å². The summed E-state index contributed by atoms with van der Waals surface area (Å²) in [6, 6.07) is 8.95. The molecule has 2 fully saturated rings. The third kappa shape index (κ3) is 4.12. The summed E-state index contributed by atoms with van der Waals surface area (Å²) in [5, 5.41) is 3.80. The first-order valence-corrected chi connectivity index (χ1v) is 9.81. The van der Waals surface area contributed by atoms with Gasteiger partial charge in [-0.25, -0.2) is 0 Å². The molecule has 3 heteroatoms. The van der Waals surface area contributed by atoms with Gasteiger partial charge < -0.3 is 10.2 Å². The van der Waals surface area contributed by atoms with E-state index < -0.39 is 0 Å². The van der Waals surface area contributed by atoms with Gasteiger partial charge >= 0.3 is 0 Å². The lowest BCUT2D eigenvalue weighted by molar-refractivity contribution is 0.0578. The van der Waals surface area contributed by atoms with E-state index in [2.05, 4.69) is 60.4 Å². The van der Waals surface area contributed by atoms with Gasteiger partial charge in [0.2, 0.25) is 0 Å². The number of likely N-dealkylation sites (tertiary alicyclic amines) is 1. The fourth-order valence-electron chi connectivity index (χ4n) is 4.45. The minimum atomic E-state index is 0.423. The predicted octanol–water partition coefficient (Wildman–Crippen LogP) is 3.89. The van der Waals surface area contributed by atoms with Crippen LogP contribution in [0.4, 0.5) is 5.69 Å². The molecule has 1 aliphatic carbocycles. The van der Waals surface area contributed by atoms with Crippen molar-refractivity contribution in [1.29, 1.82) is 0 Å².